The lowest BCUT2D eigenvalue weighted by Gasteiger charge is -2.19. The van der Waals surface area contributed by atoms with E-state index in [0.717, 1.165) is 5.56 Å². The van der Waals surface area contributed by atoms with Crippen molar-refractivity contribution in [2.24, 2.45) is 0 Å². The van der Waals surface area contributed by atoms with E-state index in [0.29, 0.717) is 11.3 Å². The maximum atomic E-state index is 13.7. The summed E-state index contributed by atoms with van der Waals surface area (Å²) in [6.07, 6.45) is 0. The first-order valence-electron chi connectivity index (χ1n) is 10.0. The van der Waals surface area contributed by atoms with Gasteiger partial charge in [-0.2, -0.15) is 0 Å². The number of carbonyl (C=O) groups is 2. The standard InChI is InChI=1S/C25H21N3O4/c1-13-9-11-17(12-10-13)28-23-21(22(26)19(15(3)30)24(31)27-23)20(16-7-5-4-6-8-16)18(14(2)29)25(28)32/h4-12H,1-3H3,(H3,26,27,31). The van der Waals surface area contributed by atoms with Gasteiger partial charge in [-0.3, -0.25) is 23.7 Å². The van der Waals surface area contributed by atoms with E-state index in [1.807, 2.05) is 19.1 Å². The summed E-state index contributed by atoms with van der Waals surface area (Å²) in [7, 11) is 0. The molecule has 7 nitrogen and oxygen atoms in total. The number of benzene rings is 2. The van der Waals surface area contributed by atoms with Crippen LogP contribution in [0.4, 0.5) is 5.69 Å². The van der Waals surface area contributed by atoms with Gasteiger partial charge in [0.15, 0.2) is 11.6 Å². The number of nitrogens with one attached hydrogen (secondary N) is 1. The first-order chi connectivity index (χ1) is 15.2. The van der Waals surface area contributed by atoms with Crippen LogP contribution in [0.15, 0.2) is 64.2 Å². The van der Waals surface area contributed by atoms with Crippen LogP contribution in [0, 0.1) is 6.92 Å². The van der Waals surface area contributed by atoms with Crippen LogP contribution in [0.25, 0.3) is 27.8 Å². The Morgan fingerprint density at radius 2 is 1.47 bits per heavy atom. The van der Waals surface area contributed by atoms with E-state index < -0.39 is 22.7 Å². The number of nitrogens with two attached hydrogens (primary N) is 1. The number of nitrogens with zero attached hydrogens (tertiary/aromatic N) is 1. The zero-order valence-corrected chi connectivity index (χ0v) is 17.9. The minimum absolute atomic E-state index is 0.0709. The summed E-state index contributed by atoms with van der Waals surface area (Å²) in [5.41, 5.74) is 7.16. The van der Waals surface area contributed by atoms with Gasteiger partial charge >= 0.3 is 0 Å². The Kier molecular flexibility index (Phi) is 5.10. The fourth-order valence-corrected chi connectivity index (χ4v) is 3.98. The largest absolute Gasteiger partial charge is 0.397 e. The summed E-state index contributed by atoms with van der Waals surface area (Å²) < 4.78 is 1.26. The van der Waals surface area contributed by atoms with Crippen molar-refractivity contribution in [1.29, 1.82) is 0 Å². The van der Waals surface area contributed by atoms with Gasteiger partial charge in [0.1, 0.15) is 11.2 Å². The zero-order chi connectivity index (χ0) is 23.2. The number of anilines is 1. The average Bonchev–Trinajstić information content (AvgIpc) is 2.74. The third kappa shape index (κ3) is 3.24. The van der Waals surface area contributed by atoms with E-state index in [-0.39, 0.29) is 33.4 Å². The van der Waals surface area contributed by atoms with Crippen LogP contribution < -0.4 is 16.9 Å². The number of aromatic nitrogens is 2. The van der Waals surface area contributed by atoms with Crippen molar-refractivity contribution >= 4 is 28.3 Å². The SMILES string of the molecule is CC(=O)c1c(N)c2c(-c3ccccc3)c(C(C)=O)c(=O)n(-c3ccc(C)cc3)c2[nH]c1=O. The first-order valence-corrected chi connectivity index (χ1v) is 10.0. The minimum atomic E-state index is -0.697. The highest BCUT2D eigenvalue weighted by Crippen LogP contribution is 2.35. The molecule has 0 aliphatic carbocycles. The van der Waals surface area contributed by atoms with Gasteiger partial charge in [0.2, 0.25) is 0 Å². The predicted molar refractivity (Wildman–Crippen MR) is 125 cm³/mol. The maximum absolute atomic E-state index is 13.7. The van der Waals surface area contributed by atoms with E-state index in [1.54, 1.807) is 42.5 Å². The lowest BCUT2D eigenvalue weighted by molar-refractivity contribution is 0.100. The molecule has 2 aromatic heterocycles. The molecular formula is C25H21N3O4. The number of aromatic amines is 1. The molecule has 0 saturated carbocycles. The van der Waals surface area contributed by atoms with Gasteiger partial charge in [-0.25, -0.2) is 0 Å². The molecular weight excluding hydrogens is 406 g/mol. The molecule has 0 aliphatic heterocycles. The summed E-state index contributed by atoms with van der Waals surface area (Å²) >= 11 is 0. The lowest BCUT2D eigenvalue weighted by atomic mass is 9.93. The third-order valence-electron chi connectivity index (χ3n) is 5.43. The fourth-order valence-electron chi connectivity index (χ4n) is 3.98. The number of nitrogen functional groups attached to an aromatic ring is 1. The summed E-state index contributed by atoms with van der Waals surface area (Å²) in [6, 6.07) is 15.9. The number of rotatable bonds is 4. The molecule has 4 aromatic rings. The molecule has 0 unspecified atom stereocenters. The van der Waals surface area contributed by atoms with E-state index >= 15 is 0 Å². The van der Waals surface area contributed by atoms with Crippen LogP contribution in [-0.4, -0.2) is 21.1 Å². The van der Waals surface area contributed by atoms with Crippen molar-refractivity contribution in [3.63, 3.8) is 0 Å². The summed E-state index contributed by atoms with van der Waals surface area (Å²) in [4.78, 5) is 54.1. The van der Waals surface area contributed by atoms with Gasteiger partial charge in [0.25, 0.3) is 11.1 Å². The maximum Gasteiger partial charge on any atom is 0.268 e. The summed E-state index contributed by atoms with van der Waals surface area (Å²) in [5, 5.41) is 0.270. The highest BCUT2D eigenvalue weighted by molar-refractivity contribution is 6.15. The van der Waals surface area contributed by atoms with Crippen LogP contribution in [0.3, 0.4) is 0 Å². The number of carbonyl (C=O) groups excluding carboxylic acids is 2. The van der Waals surface area contributed by atoms with E-state index in [4.69, 9.17) is 5.73 Å². The molecule has 0 spiro atoms. The van der Waals surface area contributed by atoms with E-state index in [1.165, 1.54) is 18.4 Å². The number of aryl methyl sites for hydroxylation is 1. The van der Waals surface area contributed by atoms with Crippen LogP contribution >= 0.6 is 0 Å². The second-order valence-corrected chi connectivity index (χ2v) is 7.67. The van der Waals surface area contributed by atoms with Gasteiger partial charge in [-0.15, -0.1) is 0 Å². The van der Waals surface area contributed by atoms with Crippen molar-refractivity contribution < 1.29 is 9.59 Å². The zero-order valence-electron chi connectivity index (χ0n) is 17.9. The Labute approximate surface area is 183 Å². The molecule has 0 radical (unpaired) electrons. The van der Waals surface area contributed by atoms with Gasteiger partial charge in [0, 0.05) is 10.9 Å². The van der Waals surface area contributed by atoms with Crippen molar-refractivity contribution in [3.05, 3.63) is 92.0 Å². The molecule has 0 bridgehead atoms. The van der Waals surface area contributed by atoms with Crippen LogP contribution in [0.5, 0.6) is 0 Å². The first kappa shape index (κ1) is 21.0. The van der Waals surface area contributed by atoms with E-state index in [9.17, 15) is 19.2 Å². The number of pyridine rings is 2. The summed E-state index contributed by atoms with van der Waals surface area (Å²) in [5.74, 6) is -0.964. The molecule has 2 aromatic carbocycles. The van der Waals surface area contributed by atoms with Gasteiger partial charge < -0.3 is 10.7 Å². The number of hydrogen-bond acceptors (Lipinski definition) is 5. The number of ketones is 2. The number of H-pyrrole nitrogens is 1. The molecule has 0 saturated heterocycles. The molecule has 0 fully saturated rings. The lowest BCUT2D eigenvalue weighted by Crippen LogP contribution is -2.30. The van der Waals surface area contributed by atoms with Gasteiger partial charge in [-0.05, 0) is 38.5 Å². The topological polar surface area (TPSA) is 115 Å². The molecule has 0 atom stereocenters. The van der Waals surface area contributed by atoms with Crippen LogP contribution in [-0.2, 0) is 0 Å². The highest BCUT2D eigenvalue weighted by atomic mass is 16.2. The van der Waals surface area contributed by atoms with E-state index in [2.05, 4.69) is 4.98 Å². The molecule has 0 amide bonds. The van der Waals surface area contributed by atoms with Crippen molar-refractivity contribution in [2.75, 3.05) is 5.73 Å². The quantitative estimate of drug-likeness (QED) is 0.483. The molecule has 3 N–H and O–H groups in total. The number of fused-ring (bicyclic) bond motifs is 1. The predicted octanol–water partition coefficient (Wildman–Crippen LogP) is 3.64. The molecule has 160 valence electrons. The van der Waals surface area contributed by atoms with Gasteiger partial charge in [0.05, 0.1) is 16.9 Å². The number of hydrogen-bond donors (Lipinski definition) is 2. The van der Waals surface area contributed by atoms with Gasteiger partial charge in [-0.1, -0.05) is 48.0 Å². The Balaban J connectivity index is 2.35. The Hall–Kier alpha value is -4.26. The van der Waals surface area contributed by atoms with Crippen molar-refractivity contribution in [2.45, 2.75) is 20.8 Å². The Morgan fingerprint density at radius 1 is 0.875 bits per heavy atom. The highest BCUT2D eigenvalue weighted by Gasteiger charge is 2.26. The van der Waals surface area contributed by atoms with Crippen LogP contribution in [0.2, 0.25) is 0 Å². The number of Topliss-reactive ketones (excluding diaryl/α,β-unsaturated/α-hetero) is 2. The molecule has 32 heavy (non-hydrogen) atoms. The molecule has 7 heteroatoms. The Morgan fingerprint density at radius 3 is 2.03 bits per heavy atom. The normalized spacial score (nSPS) is 11.0. The molecule has 2 heterocycles. The second kappa shape index (κ2) is 7.77. The van der Waals surface area contributed by atoms with Crippen molar-refractivity contribution in [1.82, 2.24) is 9.55 Å². The van der Waals surface area contributed by atoms with Crippen molar-refractivity contribution in [3.8, 4) is 16.8 Å². The third-order valence-corrected chi connectivity index (χ3v) is 5.43. The fraction of sp³-hybridized carbons (Fsp3) is 0.120. The summed E-state index contributed by atoms with van der Waals surface area (Å²) in [6.45, 7) is 4.46. The van der Waals surface area contributed by atoms with Crippen LogP contribution in [0.1, 0.15) is 40.1 Å². The molecule has 4 rings (SSSR count). The Bertz CT molecular complexity index is 1510. The monoisotopic (exact) mass is 427 g/mol. The average molecular weight is 427 g/mol. The molecule has 0 aliphatic rings. The second-order valence-electron chi connectivity index (χ2n) is 7.67. The smallest absolute Gasteiger partial charge is 0.268 e. The minimum Gasteiger partial charge on any atom is -0.397 e.